The third kappa shape index (κ3) is 2.77. The summed E-state index contributed by atoms with van der Waals surface area (Å²) in [4.78, 5) is 15.8. The van der Waals surface area contributed by atoms with E-state index in [2.05, 4.69) is 25.5 Å². The van der Waals surface area contributed by atoms with Crippen LogP contribution in [0.25, 0.3) is 0 Å². The maximum Gasteiger partial charge on any atom is 0.163 e. The molecule has 0 aliphatic heterocycles. The Morgan fingerprint density at radius 1 is 1.50 bits per heavy atom. The molecule has 5 heteroatoms. The molecule has 104 valence electrons. The summed E-state index contributed by atoms with van der Waals surface area (Å²) < 4.78 is 8.89. The Morgan fingerprint density at radius 3 is 3.00 bits per heavy atom. The summed E-state index contributed by atoms with van der Waals surface area (Å²) in [5.41, 5.74) is 1.65. The molecule has 0 saturated heterocycles. The minimum absolute atomic E-state index is 0.00296. The van der Waals surface area contributed by atoms with Crippen LogP contribution >= 0.6 is 15.9 Å². The van der Waals surface area contributed by atoms with Crippen molar-refractivity contribution in [3.05, 3.63) is 46.5 Å². The van der Waals surface area contributed by atoms with Crippen molar-refractivity contribution in [1.82, 2.24) is 9.55 Å². The van der Waals surface area contributed by atoms with E-state index in [1.54, 1.807) is 13.0 Å². The fourth-order valence-corrected chi connectivity index (χ4v) is 2.52. The van der Waals surface area contributed by atoms with Gasteiger partial charge in [0.05, 0.1) is 23.8 Å². The number of ether oxygens (including phenoxy) is 1. The number of rotatable bonds is 5. The van der Waals surface area contributed by atoms with E-state index in [-0.39, 0.29) is 5.78 Å². The zero-order valence-electron chi connectivity index (χ0n) is 11.2. The summed E-state index contributed by atoms with van der Waals surface area (Å²) in [5, 5.41) is 0. The van der Waals surface area contributed by atoms with Crippen molar-refractivity contribution in [2.45, 2.75) is 32.4 Å². The SMILES string of the molecule is CC(=O)c1ccc(Br)cc1OCc1cncn1C1CC1. The number of Topliss-reactive ketones (excluding diaryl/α,β-unsaturated/α-hetero) is 1. The number of nitrogens with zero attached hydrogens (tertiary/aromatic N) is 2. The van der Waals surface area contributed by atoms with Gasteiger partial charge in [0.1, 0.15) is 12.4 Å². The van der Waals surface area contributed by atoms with Crippen LogP contribution in [0, 0.1) is 0 Å². The van der Waals surface area contributed by atoms with Gasteiger partial charge < -0.3 is 9.30 Å². The van der Waals surface area contributed by atoms with Crippen LogP contribution in [0.1, 0.15) is 41.9 Å². The molecular weight excluding hydrogens is 320 g/mol. The number of halogens is 1. The minimum Gasteiger partial charge on any atom is -0.487 e. The van der Waals surface area contributed by atoms with Crippen LogP contribution in [0.5, 0.6) is 5.75 Å². The largest absolute Gasteiger partial charge is 0.487 e. The normalized spacial score (nSPS) is 14.3. The highest BCUT2D eigenvalue weighted by Gasteiger charge is 2.25. The Morgan fingerprint density at radius 2 is 2.30 bits per heavy atom. The first-order chi connectivity index (χ1) is 9.65. The summed E-state index contributed by atoms with van der Waals surface area (Å²) in [6, 6.07) is 6.03. The molecule has 1 aliphatic carbocycles. The molecule has 0 amide bonds. The summed E-state index contributed by atoms with van der Waals surface area (Å²) in [5.74, 6) is 0.610. The summed E-state index contributed by atoms with van der Waals surface area (Å²) in [6.45, 7) is 1.97. The van der Waals surface area contributed by atoms with Crippen LogP contribution in [-0.2, 0) is 6.61 Å². The molecule has 1 aliphatic rings. The van der Waals surface area contributed by atoms with E-state index in [1.165, 1.54) is 12.8 Å². The predicted octanol–water partition coefficient (Wildman–Crippen LogP) is 3.76. The van der Waals surface area contributed by atoms with E-state index in [4.69, 9.17) is 4.74 Å². The van der Waals surface area contributed by atoms with Gasteiger partial charge in [0.15, 0.2) is 5.78 Å². The number of hydrogen-bond acceptors (Lipinski definition) is 3. The van der Waals surface area contributed by atoms with E-state index >= 15 is 0 Å². The molecule has 20 heavy (non-hydrogen) atoms. The maximum absolute atomic E-state index is 11.6. The molecule has 0 bridgehead atoms. The number of aromatic nitrogens is 2. The molecule has 2 aromatic rings. The van der Waals surface area contributed by atoms with Crippen LogP contribution in [-0.4, -0.2) is 15.3 Å². The fourth-order valence-electron chi connectivity index (χ4n) is 2.18. The van der Waals surface area contributed by atoms with Crippen molar-refractivity contribution in [3.63, 3.8) is 0 Å². The Hall–Kier alpha value is -1.62. The summed E-state index contributed by atoms with van der Waals surface area (Å²) in [7, 11) is 0. The predicted molar refractivity (Wildman–Crippen MR) is 79.0 cm³/mol. The number of ketones is 1. The van der Waals surface area contributed by atoms with Gasteiger partial charge in [0.2, 0.25) is 0 Å². The van der Waals surface area contributed by atoms with Crippen molar-refractivity contribution in [3.8, 4) is 5.75 Å². The third-order valence-electron chi connectivity index (χ3n) is 3.39. The molecule has 1 heterocycles. The van der Waals surface area contributed by atoms with Crippen molar-refractivity contribution in [1.29, 1.82) is 0 Å². The van der Waals surface area contributed by atoms with Crippen LogP contribution in [0.3, 0.4) is 0 Å². The summed E-state index contributed by atoms with van der Waals surface area (Å²) >= 11 is 3.40. The lowest BCUT2D eigenvalue weighted by atomic mass is 10.1. The Kier molecular flexibility index (Phi) is 3.61. The average molecular weight is 335 g/mol. The van der Waals surface area contributed by atoms with E-state index in [0.29, 0.717) is 24.0 Å². The number of hydrogen-bond donors (Lipinski definition) is 0. The van der Waals surface area contributed by atoms with E-state index in [9.17, 15) is 4.79 Å². The molecule has 4 nitrogen and oxygen atoms in total. The molecule has 1 saturated carbocycles. The van der Waals surface area contributed by atoms with Gasteiger partial charge in [-0.1, -0.05) is 15.9 Å². The first kappa shape index (κ1) is 13.4. The van der Waals surface area contributed by atoms with Crippen LogP contribution in [0.2, 0.25) is 0 Å². The smallest absolute Gasteiger partial charge is 0.163 e. The number of imidazole rings is 1. The van der Waals surface area contributed by atoms with Gasteiger partial charge in [-0.3, -0.25) is 4.79 Å². The van der Waals surface area contributed by atoms with Crippen LogP contribution in [0.15, 0.2) is 35.2 Å². The first-order valence-corrected chi connectivity index (χ1v) is 7.38. The van der Waals surface area contributed by atoms with Gasteiger partial charge in [0, 0.05) is 10.5 Å². The molecule has 0 unspecified atom stereocenters. The highest BCUT2D eigenvalue weighted by Crippen LogP contribution is 2.36. The second-order valence-corrected chi connectivity index (χ2v) is 5.92. The fraction of sp³-hybridized carbons (Fsp3) is 0.333. The lowest BCUT2D eigenvalue weighted by molar-refractivity contribution is 0.101. The molecule has 0 spiro atoms. The van der Waals surface area contributed by atoms with Crippen molar-refractivity contribution < 1.29 is 9.53 Å². The van der Waals surface area contributed by atoms with Crippen molar-refractivity contribution >= 4 is 21.7 Å². The molecule has 1 fully saturated rings. The third-order valence-corrected chi connectivity index (χ3v) is 3.88. The monoisotopic (exact) mass is 334 g/mol. The van der Waals surface area contributed by atoms with Gasteiger partial charge in [-0.25, -0.2) is 4.98 Å². The Labute approximate surface area is 125 Å². The van der Waals surface area contributed by atoms with E-state index in [0.717, 1.165) is 10.2 Å². The number of carbonyl (C=O) groups is 1. The molecule has 1 aromatic heterocycles. The average Bonchev–Trinajstić information content (AvgIpc) is 3.15. The lowest BCUT2D eigenvalue weighted by Gasteiger charge is -2.11. The molecule has 1 aromatic carbocycles. The highest BCUT2D eigenvalue weighted by atomic mass is 79.9. The number of benzene rings is 1. The second-order valence-electron chi connectivity index (χ2n) is 5.01. The van der Waals surface area contributed by atoms with Gasteiger partial charge >= 0.3 is 0 Å². The first-order valence-electron chi connectivity index (χ1n) is 6.59. The minimum atomic E-state index is 0.00296. The Bertz CT molecular complexity index is 647. The zero-order valence-corrected chi connectivity index (χ0v) is 12.8. The quantitative estimate of drug-likeness (QED) is 0.782. The van der Waals surface area contributed by atoms with Crippen LogP contribution < -0.4 is 4.74 Å². The van der Waals surface area contributed by atoms with Gasteiger partial charge in [-0.2, -0.15) is 0 Å². The van der Waals surface area contributed by atoms with Gasteiger partial charge in [0.25, 0.3) is 0 Å². The molecule has 0 atom stereocenters. The summed E-state index contributed by atoms with van der Waals surface area (Å²) in [6.07, 6.45) is 6.09. The lowest BCUT2D eigenvalue weighted by Crippen LogP contribution is -2.06. The maximum atomic E-state index is 11.6. The van der Waals surface area contributed by atoms with Crippen molar-refractivity contribution in [2.24, 2.45) is 0 Å². The van der Waals surface area contributed by atoms with Crippen molar-refractivity contribution in [2.75, 3.05) is 0 Å². The standard InChI is InChI=1S/C15H15BrN2O2/c1-10(19)14-5-2-11(16)6-15(14)20-8-13-7-17-9-18(13)12-3-4-12/h2,5-7,9,12H,3-4,8H2,1H3. The number of carbonyl (C=O) groups excluding carboxylic acids is 1. The molecule has 0 radical (unpaired) electrons. The van der Waals surface area contributed by atoms with Gasteiger partial charge in [-0.15, -0.1) is 0 Å². The Balaban J connectivity index is 1.79. The zero-order chi connectivity index (χ0) is 14.1. The van der Waals surface area contributed by atoms with E-state index in [1.807, 2.05) is 24.7 Å². The highest BCUT2D eigenvalue weighted by molar-refractivity contribution is 9.10. The topological polar surface area (TPSA) is 44.1 Å². The second kappa shape index (κ2) is 5.40. The van der Waals surface area contributed by atoms with E-state index < -0.39 is 0 Å². The molecule has 3 rings (SSSR count). The molecular formula is C15H15BrN2O2. The molecule has 0 N–H and O–H groups in total. The van der Waals surface area contributed by atoms with Crippen LogP contribution in [0.4, 0.5) is 0 Å². The van der Waals surface area contributed by atoms with Gasteiger partial charge in [-0.05, 0) is 38.0 Å².